The van der Waals surface area contributed by atoms with Crippen molar-refractivity contribution in [3.63, 3.8) is 0 Å². The van der Waals surface area contributed by atoms with Gasteiger partial charge in [0.15, 0.2) is 0 Å². The molecule has 39 heavy (non-hydrogen) atoms. The Kier molecular flexibility index (Phi) is 9.52. The summed E-state index contributed by atoms with van der Waals surface area (Å²) < 4.78 is 39.1. The number of alkyl halides is 2. The average molecular weight is 550 g/mol. The van der Waals surface area contributed by atoms with Crippen LogP contribution in [-0.2, 0) is 11.0 Å². The summed E-state index contributed by atoms with van der Waals surface area (Å²) in [4.78, 5) is 4.59. The Hall–Kier alpha value is -3.09. The summed E-state index contributed by atoms with van der Waals surface area (Å²) in [6.07, 6.45) is -1.08. The Balaban J connectivity index is 1.40. The van der Waals surface area contributed by atoms with Crippen molar-refractivity contribution in [2.75, 3.05) is 39.3 Å². The van der Waals surface area contributed by atoms with Crippen LogP contribution < -0.4 is 15.1 Å². The van der Waals surface area contributed by atoms with Crippen LogP contribution >= 0.6 is 0 Å². The van der Waals surface area contributed by atoms with E-state index in [0.717, 1.165) is 32.7 Å². The molecule has 0 spiro atoms. The van der Waals surface area contributed by atoms with Gasteiger partial charge in [-0.3, -0.25) is 9.80 Å². The van der Waals surface area contributed by atoms with Gasteiger partial charge in [0.05, 0.1) is 0 Å². The lowest BCUT2D eigenvalue weighted by Crippen LogP contribution is -2.67. The van der Waals surface area contributed by atoms with Crippen molar-refractivity contribution in [3.8, 4) is 12.0 Å². The Bertz CT molecular complexity index is 1200. The molecule has 0 bridgehead atoms. The number of hydrogen-bond acceptors (Lipinski definition) is 5. The van der Waals surface area contributed by atoms with Crippen molar-refractivity contribution < 1.29 is 17.9 Å². The van der Waals surface area contributed by atoms with Gasteiger partial charge in [-0.2, -0.15) is 0 Å². The predicted molar refractivity (Wildman–Crippen MR) is 153 cm³/mol. The van der Waals surface area contributed by atoms with Crippen molar-refractivity contribution in [3.05, 3.63) is 90.0 Å². The Morgan fingerprint density at radius 1 is 0.872 bits per heavy atom. The highest BCUT2D eigenvalue weighted by atomic mass is 28.4. The molecular formula is C31H37F2N3O2Si. The maximum absolute atomic E-state index is 13.7. The number of ether oxygens (including phenoxy) is 1. The number of nitriles is 1. The largest absolute Gasteiger partial charge is 0.406 e. The second-order valence-corrected chi connectivity index (χ2v) is 15.3. The summed E-state index contributed by atoms with van der Waals surface area (Å²) in [7, 11) is -2.56. The van der Waals surface area contributed by atoms with Gasteiger partial charge in [-0.1, -0.05) is 87.5 Å². The van der Waals surface area contributed by atoms with Crippen LogP contribution in [0.1, 0.15) is 38.3 Å². The number of piperazine rings is 1. The fraction of sp³-hybridized carbons (Fsp3) is 0.387. The van der Waals surface area contributed by atoms with Crippen LogP contribution in [0.4, 0.5) is 8.78 Å². The molecule has 1 heterocycles. The van der Waals surface area contributed by atoms with Crippen LogP contribution in [-0.4, -0.2) is 57.4 Å². The van der Waals surface area contributed by atoms with E-state index in [0.29, 0.717) is 18.7 Å². The van der Waals surface area contributed by atoms with E-state index in [1.165, 1.54) is 22.7 Å². The number of halogens is 2. The Morgan fingerprint density at radius 2 is 1.44 bits per heavy atom. The molecule has 3 aromatic rings. The molecule has 1 saturated heterocycles. The van der Waals surface area contributed by atoms with E-state index in [1.54, 1.807) is 12.1 Å². The van der Waals surface area contributed by atoms with E-state index < -0.39 is 14.7 Å². The minimum Gasteiger partial charge on any atom is -0.406 e. The van der Waals surface area contributed by atoms with E-state index in [9.17, 15) is 8.78 Å². The molecule has 0 unspecified atom stereocenters. The van der Waals surface area contributed by atoms with Gasteiger partial charge >= 0.3 is 0 Å². The van der Waals surface area contributed by atoms with Crippen LogP contribution in [0, 0.1) is 11.5 Å². The summed E-state index contributed by atoms with van der Waals surface area (Å²) in [5, 5.41) is 11.2. The minimum atomic E-state index is -2.62. The molecule has 206 valence electrons. The molecule has 0 radical (unpaired) electrons. The SMILES string of the molecule is CC(C)(C)[Si](OCCN1CCN(Cc2ccc(OC#N)cc2C(F)F)CC1)(c1ccccc1)c1ccccc1. The first-order chi connectivity index (χ1) is 18.7. The molecular weight excluding hydrogens is 512 g/mol. The number of benzene rings is 3. The van der Waals surface area contributed by atoms with Crippen molar-refractivity contribution in [2.24, 2.45) is 0 Å². The lowest BCUT2D eigenvalue weighted by molar-refractivity contribution is 0.108. The van der Waals surface area contributed by atoms with E-state index in [1.807, 2.05) is 0 Å². The van der Waals surface area contributed by atoms with Gasteiger partial charge in [0.25, 0.3) is 21.0 Å². The molecule has 0 saturated carbocycles. The number of rotatable bonds is 10. The van der Waals surface area contributed by atoms with Crippen LogP contribution in [0.5, 0.6) is 5.75 Å². The first kappa shape index (κ1) is 28.9. The average Bonchev–Trinajstić information content (AvgIpc) is 2.93. The Morgan fingerprint density at radius 3 is 1.95 bits per heavy atom. The van der Waals surface area contributed by atoms with E-state index in [-0.39, 0.29) is 16.4 Å². The van der Waals surface area contributed by atoms with Gasteiger partial charge in [0.1, 0.15) is 5.75 Å². The third kappa shape index (κ3) is 6.74. The van der Waals surface area contributed by atoms with E-state index >= 15 is 0 Å². The lowest BCUT2D eigenvalue weighted by Gasteiger charge is -2.43. The fourth-order valence-electron chi connectivity index (χ4n) is 5.54. The number of nitrogens with zero attached hydrogens (tertiary/aromatic N) is 3. The van der Waals surface area contributed by atoms with Crippen LogP contribution in [0.2, 0.25) is 5.04 Å². The quantitative estimate of drug-likeness (QED) is 0.258. The molecule has 5 nitrogen and oxygen atoms in total. The first-order valence-electron chi connectivity index (χ1n) is 13.4. The second-order valence-electron chi connectivity index (χ2n) is 11.0. The molecule has 1 aliphatic rings. The molecule has 0 aromatic heterocycles. The molecule has 3 aromatic carbocycles. The molecule has 0 N–H and O–H groups in total. The topological polar surface area (TPSA) is 48.7 Å². The van der Waals surface area contributed by atoms with Gasteiger partial charge in [0, 0.05) is 51.4 Å². The van der Waals surface area contributed by atoms with Gasteiger partial charge in [-0.25, -0.2) is 8.78 Å². The highest BCUT2D eigenvalue weighted by molar-refractivity contribution is 6.99. The molecule has 1 aliphatic heterocycles. The van der Waals surface area contributed by atoms with Crippen LogP contribution in [0.25, 0.3) is 0 Å². The first-order valence-corrected chi connectivity index (χ1v) is 15.3. The van der Waals surface area contributed by atoms with Crippen molar-refractivity contribution in [1.29, 1.82) is 5.26 Å². The molecule has 1 fully saturated rings. The zero-order chi connectivity index (χ0) is 27.9. The molecule has 0 atom stereocenters. The third-order valence-corrected chi connectivity index (χ3v) is 12.6. The van der Waals surface area contributed by atoms with Crippen molar-refractivity contribution in [1.82, 2.24) is 9.80 Å². The number of hydrogen-bond donors (Lipinski definition) is 0. The van der Waals surface area contributed by atoms with Gasteiger partial charge in [-0.05, 0) is 33.1 Å². The highest BCUT2D eigenvalue weighted by Gasteiger charge is 2.50. The monoisotopic (exact) mass is 549 g/mol. The summed E-state index contributed by atoms with van der Waals surface area (Å²) in [5.41, 5.74) is 0.489. The fourth-order valence-corrected chi connectivity index (χ4v) is 10.1. The Labute approximate surface area is 231 Å². The summed E-state index contributed by atoms with van der Waals surface area (Å²) in [5.74, 6) is 0.141. The summed E-state index contributed by atoms with van der Waals surface area (Å²) in [6.45, 7) is 12.0. The van der Waals surface area contributed by atoms with Crippen LogP contribution in [0.15, 0.2) is 78.9 Å². The summed E-state index contributed by atoms with van der Waals surface area (Å²) >= 11 is 0. The zero-order valence-corrected chi connectivity index (χ0v) is 23.9. The maximum atomic E-state index is 13.7. The zero-order valence-electron chi connectivity index (χ0n) is 22.9. The van der Waals surface area contributed by atoms with Gasteiger partial charge in [0.2, 0.25) is 0 Å². The molecule has 0 aliphatic carbocycles. The van der Waals surface area contributed by atoms with Gasteiger partial charge in [-0.15, -0.1) is 5.26 Å². The smallest absolute Gasteiger partial charge is 0.292 e. The predicted octanol–water partition coefficient (Wildman–Crippen LogP) is 5.18. The normalized spacial score (nSPS) is 15.3. The van der Waals surface area contributed by atoms with Crippen molar-refractivity contribution in [2.45, 2.75) is 38.8 Å². The molecule has 0 amide bonds. The van der Waals surface area contributed by atoms with Gasteiger partial charge < -0.3 is 9.16 Å². The van der Waals surface area contributed by atoms with Crippen LogP contribution in [0.3, 0.4) is 0 Å². The lowest BCUT2D eigenvalue weighted by atomic mass is 10.1. The minimum absolute atomic E-state index is 0.0648. The van der Waals surface area contributed by atoms with Crippen molar-refractivity contribution >= 4 is 18.7 Å². The standard InChI is InChI=1S/C31H37F2N3O2Si/c1-31(2,3)39(27-10-6-4-7-11-27,28-12-8-5-9-13-28)38-21-20-35-16-18-36(19-17-35)23-25-14-15-26(37-24-34)22-29(25)30(32)33/h4-15,22,30H,16-21,23H2,1-3H3. The summed E-state index contributed by atoms with van der Waals surface area (Å²) in [6, 6.07) is 25.8. The second kappa shape index (κ2) is 12.8. The molecule has 4 rings (SSSR count). The highest BCUT2D eigenvalue weighted by Crippen LogP contribution is 2.36. The maximum Gasteiger partial charge on any atom is 0.292 e. The van der Waals surface area contributed by atoms with E-state index in [2.05, 4.69) is 91.2 Å². The molecule has 8 heteroatoms. The third-order valence-electron chi connectivity index (χ3n) is 7.52. The van der Waals surface area contributed by atoms with E-state index in [4.69, 9.17) is 14.4 Å².